The van der Waals surface area contributed by atoms with E-state index >= 15 is 0 Å². The Labute approximate surface area is 145 Å². The predicted molar refractivity (Wildman–Crippen MR) is 96.6 cm³/mol. The number of sulfonamides is 1. The fourth-order valence-electron chi connectivity index (χ4n) is 2.18. The zero-order chi connectivity index (χ0) is 18.0. The second kappa shape index (κ2) is 10.2. The molecule has 1 rings (SSSR count). The van der Waals surface area contributed by atoms with E-state index in [2.05, 4.69) is 35.4 Å². The summed E-state index contributed by atoms with van der Waals surface area (Å²) in [4.78, 5) is 14.5. The first kappa shape index (κ1) is 20.3. The molecule has 24 heavy (non-hydrogen) atoms. The number of rotatable bonds is 11. The second-order valence-electron chi connectivity index (χ2n) is 5.30. The zero-order valence-corrected chi connectivity index (χ0v) is 15.2. The molecule has 0 aliphatic carbocycles. The van der Waals surface area contributed by atoms with Crippen LogP contribution in [0.15, 0.2) is 41.8 Å². The van der Waals surface area contributed by atoms with E-state index in [-0.39, 0.29) is 17.3 Å². The summed E-state index contributed by atoms with van der Waals surface area (Å²) >= 11 is 0. The topological polar surface area (TPSA) is 78.5 Å². The highest BCUT2D eigenvalue weighted by Crippen LogP contribution is 2.10. The van der Waals surface area contributed by atoms with E-state index in [1.807, 2.05) is 0 Å². The van der Waals surface area contributed by atoms with Gasteiger partial charge < -0.3 is 10.2 Å². The molecule has 0 heterocycles. The van der Waals surface area contributed by atoms with Gasteiger partial charge >= 0.3 is 0 Å². The van der Waals surface area contributed by atoms with Crippen molar-refractivity contribution in [1.29, 1.82) is 0 Å². The van der Waals surface area contributed by atoms with Crippen molar-refractivity contribution < 1.29 is 13.2 Å². The van der Waals surface area contributed by atoms with Gasteiger partial charge in [-0.2, -0.15) is 0 Å². The Balaban J connectivity index is 2.53. The molecule has 0 saturated heterocycles. The molecule has 0 fully saturated rings. The fraction of sp³-hybridized carbons (Fsp3) is 0.471. The van der Waals surface area contributed by atoms with Crippen LogP contribution in [0.2, 0.25) is 0 Å². The average Bonchev–Trinajstić information content (AvgIpc) is 2.60. The second-order valence-corrected chi connectivity index (χ2v) is 7.07. The Morgan fingerprint density at radius 3 is 2.38 bits per heavy atom. The Bertz CT molecular complexity index is 623. The summed E-state index contributed by atoms with van der Waals surface area (Å²) in [5, 5.41) is 2.85. The maximum Gasteiger partial charge on any atom is 0.251 e. The summed E-state index contributed by atoms with van der Waals surface area (Å²) in [5.74, 6) is -0.197. The molecule has 1 amide bonds. The minimum absolute atomic E-state index is 0.127. The highest BCUT2D eigenvalue weighted by molar-refractivity contribution is 7.89. The van der Waals surface area contributed by atoms with Crippen LogP contribution >= 0.6 is 0 Å². The first-order valence-corrected chi connectivity index (χ1v) is 9.64. The van der Waals surface area contributed by atoms with Crippen LogP contribution in [0.3, 0.4) is 0 Å². The van der Waals surface area contributed by atoms with Crippen molar-refractivity contribution in [3.63, 3.8) is 0 Å². The molecule has 0 bridgehead atoms. The van der Waals surface area contributed by atoms with Crippen LogP contribution in [-0.2, 0) is 10.0 Å². The molecule has 0 aliphatic rings. The van der Waals surface area contributed by atoms with E-state index in [1.165, 1.54) is 30.3 Å². The first-order chi connectivity index (χ1) is 11.4. The molecule has 0 unspecified atom stereocenters. The van der Waals surface area contributed by atoms with Crippen molar-refractivity contribution in [2.75, 3.05) is 32.7 Å². The van der Waals surface area contributed by atoms with Crippen LogP contribution in [0.25, 0.3) is 0 Å². The van der Waals surface area contributed by atoms with E-state index in [4.69, 9.17) is 0 Å². The third kappa shape index (κ3) is 6.43. The fourth-order valence-corrected chi connectivity index (χ4v) is 3.18. The number of benzene rings is 1. The van der Waals surface area contributed by atoms with E-state index in [9.17, 15) is 13.2 Å². The number of hydrogen-bond donors (Lipinski definition) is 2. The Morgan fingerprint density at radius 1 is 1.21 bits per heavy atom. The Hall–Kier alpha value is -1.70. The van der Waals surface area contributed by atoms with Crippen LogP contribution < -0.4 is 10.0 Å². The van der Waals surface area contributed by atoms with Crippen molar-refractivity contribution in [2.45, 2.75) is 25.2 Å². The molecule has 1 aromatic rings. The lowest BCUT2D eigenvalue weighted by Gasteiger charge is -2.17. The molecule has 7 heteroatoms. The summed E-state index contributed by atoms with van der Waals surface area (Å²) in [7, 11) is -3.56. The van der Waals surface area contributed by atoms with Crippen LogP contribution in [0, 0.1) is 0 Å². The van der Waals surface area contributed by atoms with Gasteiger partial charge in [0.25, 0.3) is 5.91 Å². The van der Waals surface area contributed by atoms with E-state index in [1.54, 1.807) is 0 Å². The van der Waals surface area contributed by atoms with Gasteiger partial charge in [0.05, 0.1) is 4.90 Å². The number of nitrogens with zero attached hydrogens (tertiary/aromatic N) is 1. The summed E-state index contributed by atoms with van der Waals surface area (Å²) in [6.45, 7) is 11.4. The van der Waals surface area contributed by atoms with E-state index in [0.717, 1.165) is 26.1 Å². The normalized spacial score (nSPS) is 11.5. The number of hydrogen-bond acceptors (Lipinski definition) is 4. The quantitative estimate of drug-likeness (QED) is 0.468. The van der Waals surface area contributed by atoms with Crippen molar-refractivity contribution in [3.05, 3.63) is 42.5 Å². The van der Waals surface area contributed by atoms with Gasteiger partial charge in [0.2, 0.25) is 10.0 Å². The third-order valence-electron chi connectivity index (χ3n) is 3.68. The monoisotopic (exact) mass is 353 g/mol. The molecule has 0 spiro atoms. The molecule has 2 N–H and O–H groups in total. The Kier molecular flexibility index (Phi) is 8.67. The minimum Gasteiger partial charge on any atom is -0.352 e. The van der Waals surface area contributed by atoms with Gasteiger partial charge in [-0.1, -0.05) is 19.9 Å². The first-order valence-electron chi connectivity index (χ1n) is 8.15. The molecule has 0 atom stereocenters. The maximum absolute atomic E-state index is 12.1. The molecule has 0 saturated carbocycles. The molecule has 134 valence electrons. The smallest absolute Gasteiger partial charge is 0.251 e. The van der Waals surface area contributed by atoms with Crippen LogP contribution in [0.5, 0.6) is 0 Å². The highest BCUT2D eigenvalue weighted by Gasteiger charge is 2.13. The minimum atomic E-state index is -3.56. The maximum atomic E-state index is 12.1. The molecule has 0 radical (unpaired) electrons. The van der Waals surface area contributed by atoms with Crippen molar-refractivity contribution in [2.24, 2.45) is 0 Å². The summed E-state index contributed by atoms with van der Waals surface area (Å²) in [5.41, 5.74) is 0.445. The zero-order valence-electron chi connectivity index (χ0n) is 14.4. The van der Waals surface area contributed by atoms with E-state index < -0.39 is 10.0 Å². The summed E-state index contributed by atoms with van der Waals surface area (Å²) in [6, 6.07) is 5.89. The molecular formula is C17H27N3O3S. The van der Waals surface area contributed by atoms with Gasteiger partial charge in [-0.15, -0.1) is 6.58 Å². The lowest BCUT2D eigenvalue weighted by molar-refractivity contribution is 0.0951. The lowest BCUT2D eigenvalue weighted by atomic mass is 10.2. The van der Waals surface area contributed by atoms with Crippen molar-refractivity contribution in [3.8, 4) is 0 Å². The van der Waals surface area contributed by atoms with Gasteiger partial charge in [-0.05, 0) is 50.3 Å². The standard InChI is InChI=1S/C17H27N3O3S/c1-4-12-19-24(22,23)16-10-8-15(9-11-16)17(21)18-13-7-14-20(5-2)6-3/h4,8-11,19H,1,5-7,12-14H2,2-3H3,(H,18,21). The molecule has 6 nitrogen and oxygen atoms in total. The van der Waals surface area contributed by atoms with Crippen molar-refractivity contribution in [1.82, 2.24) is 14.9 Å². The largest absolute Gasteiger partial charge is 0.352 e. The van der Waals surface area contributed by atoms with Gasteiger partial charge in [0.1, 0.15) is 0 Å². The average molecular weight is 353 g/mol. The number of carbonyl (C=O) groups excluding carboxylic acids is 1. The molecule has 1 aromatic carbocycles. The van der Waals surface area contributed by atoms with Gasteiger partial charge in [-0.3, -0.25) is 4.79 Å². The van der Waals surface area contributed by atoms with Gasteiger partial charge in [0, 0.05) is 18.7 Å². The van der Waals surface area contributed by atoms with Crippen LogP contribution in [0.1, 0.15) is 30.6 Å². The summed E-state index contributed by atoms with van der Waals surface area (Å²) < 4.78 is 26.3. The van der Waals surface area contributed by atoms with Crippen LogP contribution in [-0.4, -0.2) is 51.9 Å². The van der Waals surface area contributed by atoms with Gasteiger partial charge in [0.15, 0.2) is 0 Å². The molecule has 0 aromatic heterocycles. The van der Waals surface area contributed by atoms with Gasteiger partial charge in [-0.25, -0.2) is 13.1 Å². The highest BCUT2D eigenvalue weighted by atomic mass is 32.2. The summed E-state index contributed by atoms with van der Waals surface area (Å²) in [6.07, 6.45) is 2.35. The number of amides is 1. The van der Waals surface area contributed by atoms with Crippen molar-refractivity contribution >= 4 is 15.9 Å². The molecular weight excluding hydrogens is 326 g/mol. The predicted octanol–water partition coefficient (Wildman–Crippen LogP) is 1.61. The number of nitrogens with one attached hydrogen (secondary N) is 2. The Morgan fingerprint density at radius 2 is 1.83 bits per heavy atom. The van der Waals surface area contributed by atoms with Crippen LogP contribution in [0.4, 0.5) is 0 Å². The number of carbonyl (C=O) groups is 1. The third-order valence-corrected chi connectivity index (χ3v) is 5.12. The SMILES string of the molecule is C=CCNS(=O)(=O)c1ccc(C(=O)NCCCN(CC)CC)cc1. The molecule has 0 aliphatic heterocycles. The van der Waals surface area contributed by atoms with E-state index in [0.29, 0.717) is 12.1 Å². The lowest BCUT2D eigenvalue weighted by Crippen LogP contribution is -2.30.